The van der Waals surface area contributed by atoms with Crippen molar-refractivity contribution in [2.45, 2.75) is 0 Å². The van der Waals surface area contributed by atoms with Gasteiger partial charge in [-0.3, -0.25) is 0 Å². The van der Waals surface area contributed by atoms with E-state index in [-0.39, 0.29) is 5.75 Å². The summed E-state index contributed by atoms with van der Waals surface area (Å²) in [5.41, 5.74) is 1.40. The summed E-state index contributed by atoms with van der Waals surface area (Å²) in [5.74, 6) is 0.173. The Balaban J connectivity index is 3.21. The fraction of sp³-hybridized carbons (Fsp3) is 0.111. The Kier molecular flexibility index (Phi) is 3.18. The third-order valence-electron chi connectivity index (χ3n) is 1.51. The molecule has 0 saturated carbocycles. The van der Waals surface area contributed by atoms with Crippen LogP contribution in [0.4, 0.5) is 0 Å². The standard InChI is InChI=1S/C9H8BrClO/c1-6(5-10)9-7(11)3-2-4-8(9)12/h2-4,12H,1,5H2. The predicted molar refractivity (Wildman–Crippen MR) is 55.9 cm³/mol. The van der Waals surface area contributed by atoms with Crippen LogP contribution in [0.3, 0.4) is 0 Å². The summed E-state index contributed by atoms with van der Waals surface area (Å²) in [6.07, 6.45) is 0. The number of halogens is 2. The molecule has 64 valence electrons. The van der Waals surface area contributed by atoms with E-state index in [9.17, 15) is 5.11 Å². The Labute approximate surface area is 84.8 Å². The first-order chi connectivity index (χ1) is 5.66. The van der Waals surface area contributed by atoms with Crippen LogP contribution in [0.15, 0.2) is 24.8 Å². The molecule has 0 aliphatic heterocycles. The number of phenols is 1. The monoisotopic (exact) mass is 246 g/mol. The van der Waals surface area contributed by atoms with Crippen LogP contribution in [0, 0.1) is 0 Å². The molecule has 12 heavy (non-hydrogen) atoms. The van der Waals surface area contributed by atoms with Gasteiger partial charge in [0.15, 0.2) is 0 Å². The summed E-state index contributed by atoms with van der Waals surface area (Å²) in [4.78, 5) is 0. The third-order valence-corrected chi connectivity index (χ3v) is 2.50. The largest absolute Gasteiger partial charge is 0.507 e. The lowest BCUT2D eigenvalue weighted by Crippen LogP contribution is -1.85. The molecular weight excluding hydrogens is 239 g/mol. The molecule has 0 radical (unpaired) electrons. The van der Waals surface area contributed by atoms with Crippen molar-refractivity contribution in [1.29, 1.82) is 0 Å². The zero-order chi connectivity index (χ0) is 9.14. The van der Waals surface area contributed by atoms with Crippen LogP contribution in [0.1, 0.15) is 5.56 Å². The fourth-order valence-electron chi connectivity index (χ4n) is 0.930. The summed E-state index contributed by atoms with van der Waals surface area (Å²) in [6, 6.07) is 5.02. The third kappa shape index (κ3) is 1.82. The highest BCUT2D eigenvalue weighted by Crippen LogP contribution is 2.31. The maximum absolute atomic E-state index is 9.43. The average molecular weight is 248 g/mol. The van der Waals surface area contributed by atoms with Gasteiger partial charge in [0.1, 0.15) is 5.75 Å². The molecule has 0 heterocycles. The van der Waals surface area contributed by atoms with Gasteiger partial charge in [0, 0.05) is 10.9 Å². The highest BCUT2D eigenvalue weighted by Gasteiger charge is 2.07. The quantitative estimate of drug-likeness (QED) is 0.794. The number of alkyl halides is 1. The molecule has 0 aliphatic rings. The smallest absolute Gasteiger partial charge is 0.124 e. The summed E-state index contributed by atoms with van der Waals surface area (Å²) < 4.78 is 0. The Morgan fingerprint density at radius 1 is 1.58 bits per heavy atom. The van der Waals surface area contributed by atoms with Gasteiger partial charge in [-0.1, -0.05) is 40.2 Å². The number of allylic oxidation sites excluding steroid dienone is 1. The number of rotatable bonds is 2. The van der Waals surface area contributed by atoms with E-state index in [4.69, 9.17) is 11.6 Å². The molecule has 1 nitrogen and oxygen atoms in total. The minimum absolute atomic E-state index is 0.173. The number of benzene rings is 1. The van der Waals surface area contributed by atoms with Crippen molar-refractivity contribution in [3.63, 3.8) is 0 Å². The van der Waals surface area contributed by atoms with E-state index >= 15 is 0 Å². The van der Waals surface area contributed by atoms with Crippen molar-refractivity contribution in [3.8, 4) is 5.75 Å². The van der Waals surface area contributed by atoms with Gasteiger partial charge in [-0.15, -0.1) is 0 Å². The molecule has 0 aromatic heterocycles. The minimum Gasteiger partial charge on any atom is -0.507 e. The molecule has 0 aliphatic carbocycles. The molecule has 1 aromatic rings. The molecule has 0 unspecified atom stereocenters. The molecule has 0 bridgehead atoms. The Hall–Kier alpha value is -0.470. The second-order valence-corrected chi connectivity index (χ2v) is 3.34. The highest BCUT2D eigenvalue weighted by atomic mass is 79.9. The normalized spacial score (nSPS) is 9.83. The molecule has 1 N–H and O–H groups in total. The Morgan fingerprint density at radius 2 is 2.25 bits per heavy atom. The lowest BCUT2D eigenvalue weighted by molar-refractivity contribution is 0.473. The van der Waals surface area contributed by atoms with Crippen molar-refractivity contribution in [2.75, 3.05) is 5.33 Å². The van der Waals surface area contributed by atoms with Gasteiger partial charge in [0.05, 0.1) is 5.02 Å². The second-order valence-electron chi connectivity index (χ2n) is 2.37. The molecular formula is C9H8BrClO. The predicted octanol–water partition coefficient (Wildman–Crippen LogP) is 3.45. The van der Waals surface area contributed by atoms with Gasteiger partial charge in [-0.05, 0) is 17.7 Å². The van der Waals surface area contributed by atoms with Crippen molar-refractivity contribution < 1.29 is 5.11 Å². The van der Waals surface area contributed by atoms with E-state index in [1.165, 1.54) is 0 Å². The number of aromatic hydroxyl groups is 1. The van der Waals surface area contributed by atoms with Gasteiger partial charge < -0.3 is 5.11 Å². The lowest BCUT2D eigenvalue weighted by Gasteiger charge is -2.06. The van der Waals surface area contributed by atoms with Gasteiger partial charge in [0.25, 0.3) is 0 Å². The van der Waals surface area contributed by atoms with E-state index in [0.717, 1.165) is 5.57 Å². The molecule has 0 spiro atoms. The van der Waals surface area contributed by atoms with Crippen LogP contribution in [0.2, 0.25) is 5.02 Å². The van der Waals surface area contributed by atoms with Gasteiger partial charge in [-0.2, -0.15) is 0 Å². The Bertz CT molecular complexity index is 289. The fourth-order valence-corrected chi connectivity index (χ4v) is 1.51. The van der Waals surface area contributed by atoms with Gasteiger partial charge in [0.2, 0.25) is 0 Å². The van der Waals surface area contributed by atoms with Crippen LogP contribution in [-0.4, -0.2) is 10.4 Å². The van der Waals surface area contributed by atoms with E-state index in [1.54, 1.807) is 18.2 Å². The van der Waals surface area contributed by atoms with Crippen LogP contribution >= 0.6 is 27.5 Å². The molecule has 0 amide bonds. The first-order valence-corrected chi connectivity index (χ1v) is 4.88. The zero-order valence-electron chi connectivity index (χ0n) is 6.35. The zero-order valence-corrected chi connectivity index (χ0v) is 8.69. The van der Waals surface area contributed by atoms with Crippen molar-refractivity contribution in [3.05, 3.63) is 35.4 Å². The minimum atomic E-state index is 0.173. The van der Waals surface area contributed by atoms with Crippen molar-refractivity contribution in [2.24, 2.45) is 0 Å². The molecule has 3 heteroatoms. The first-order valence-electron chi connectivity index (χ1n) is 3.38. The maximum Gasteiger partial charge on any atom is 0.124 e. The maximum atomic E-state index is 9.43. The van der Waals surface area contributed by atoms with E-state index < -0.39 is 0 Å². The topological polar surface area (TPSA) is 20.2 Å². The Morgan fingerprint density at radius 3 is 2.75 bits per heavy atom. The lowest BCUT2D eigenvalue weighted by atomic mass is 10.1. The number of phenolic OH excluding ortho intramolecular Hbond substituents is 1. The summed E-state index contributed by atoms with van der Waals surface area (Å²) in [5, 5.41) is 10.6. The van der Waals surface area contributed by atoms with Gasteiger partial charge in [-0.25, -0.2) is 0 Å². The summed E-state index contributed by atoms with van der Waals surface area (Å²) in [6.45, 7) is 3.77. The van der Waals surface area contributed by atoms with Crippen LogP contribution < -0.4 is 0 Å². The van der Waals surface area contributed by atoms with Crippen LogP contribution in [0.25, 0.3) is 5.57 Å². The highest BCUT2D eigenvalue weighted by molar-refractivity contribution is 9.09. The van der Waals surface area contributed by atoms with Crippen molar-refractivity contribution in [1.82, 2.24) is 0 Å². The summed E-state index contributed by atoms with van der Waals surface area (Å²) in [7, 11) is 0. The molecule has 0 saturated heterocycles. The van der Waals surface area contributed by atoms with E-state index in [2.05, 4.69) is 22.5 Å². The van der Waals surface area contributed by atoms with Crippen LogP contribution in [-0.2, 0) is 0 Å². The number of hydrogen-bond donors (Lipinski definition) is 1. The molecule has 0 atom stereocenters. The SMILES string of the molecule is C=C(CBr)c1c(O)cccc1Cl. The number of hydrogen-bond acceptors (Lipinski definition) is 1. The average Bonchev–Trinajstić information content (AvgIpc) is 2.03. The van der Waals surface area contributed by atoms with Gasteiger partial charge >= 0.3 is 0 Å². The van der Waals surface area contributed by atoms with Crippen LogP contribution in [0.5, 0.6) is 5.75 Å². The summed E-state index contributed by atoms with van der Waals surface area (Å²) >= 11 is 9.11. The second kappa shape index (κ2) is 3.97. The molecule has 1 aromatic carbocycles. The molecule has 1 rings (SSSR count). The first kappa shape index (κ1) is 9.62. The molecule has 0 fully saturated rings. The van der Waals surface area contributed by atoms with E-state index in [1.807, 2.05) is 0 Å². The van der Waals surface area contributed by atoms with E-state index in [0.29, 0.717) is 15.9 Å². The van der Waals surface area contributed by atoms with Crippen molar-refractivity contribution >= 4 is 33.1 Å².